The van der Waals surface area contributed by atoms with Crippen molar-refractivity contribution in [3.8, 4) is 16.9 Å². The van der Waals surface area contributed by atoms with E-state index in [2.05, 4.69) is 0 Å². The van der Waals surface area contributed by atoms with E-state index in [-0.39, 0.29) is 30.3 Å². The molecule has 2 fully saturated rings. The lowest BCUT2D eigenvalue weighted by Crippen LogP contribution is -2.43. The van der Waals surface area contributed by atoms with Gasteiger partial charge in [0.1, 0.15) is 11.6 Å². The molecule has 0 bridgehead atoms. The van der Waals surface area contributed by atoms with Gasteiger partial charge in [-0.25, -0.2) is 9.18 Å². The normalized spacial score (nSPS) is 17.2. The number of rotatable bonds is 8. The van der Waals surface area contributed by atoms with Crippen LogP contribution in [0.25, 0.3) is 11.1 Å². The molecule has 2 aromatic rings. The molecular weight excluding hydrogens is 473 g/mol. The summed E-state index contributed by atoms with van der Waals surface area (Å²) in [4.78, 5) is 28.1. The molecule has 0 spiro atoms. The van der Waals surface area contributed by atoms with E-state index < -0.39 is 6.04 Å². The molecule has 2 amide bonds. The summed E-state index contributed by atoms with van der Waals surface area (Å²) in [6, 6.07) is 12.0. The third kappa shape index (κ3) is 7.22. The molecule has 1 atom stereocenters. The van der Waals surface area contributed by atoms with Crippen LogP contribution in [0.2, 0.25) is 0 Å². The van der Waals surface area contributed by atoms with Crippen molar-refractivity contribution in [2.75, 3.05) is 32.8 Å². The highest BCUT2D eigenvalue weighted by atomic mass is 19.1. The largest absolute Gasteiger partial charge is 0.493 e. The number of halogens is 1. The van der Waals surface area contributed by atoms with Gasteiger partial charge in [0.05, 0.1) is 18.8 Å². The number of nitrogens with zero attached hydrogens (tertiary/aromatic N) is 2. The monoisotopic (exact) mass is 511 g/mol. The summed E-state index contributed by atoms with van der Waals surface area (Å²) in [5.41, 5.74) is 8.14. The van der Waals surface area contributed by atoms with Gasteiger partial charge in [0.25, 0.3) is 0 Å². The molecule has 0 radical (unpaired) electrons. The van der Waals surface area contributed by atoms with Crippen LogP contribution in [0.5, 0.6) is 5.75 Å². The van der Waals surface area contributed by atoms with E-state index in [9.17, 15) is 14.0 Å². The van der Waals surface area contributed by atoms with Gasteiger partial charge in [-0.1, -0.05) is 24.3 Å². The molecule has 0 aliphatic carbocycles. The summed E-state index contributed by atoms with van der Waals surface area (Å²) in [6.45, 7) is 7.06. The number of hydrogen-bond acceptors (Lipinski definition) is 5. The van der Waals surface area contributed by atoms with Crippen LogP contribution in [0, 0.1) is 11.7 Å². The molecule has 2 aliphatic rings. The Bertz CT molecular complexity index is 1080. The van der Waals surface area contributed by atoms with Gasteiger partial charge < -0.3 is 25.0 Å². The zero-order chi connectivity index (χ0) is 26.4. The van der Waals surface area contributed by atoms with Crippen molar-refractivity contribution in [2.45, 2.75) is 58.1 Å². The Morgan fingerprint density at radius 2 is 1.70 bits per heavy atom. The number of nitrogens with two attached hydrogens (primary N) is 1. The first-order chi connectivity index (χ1) is 17.8. The van der Waals surface area contributed by atoms with Gasteiger partial charge in [-0.3, -0.25) is 4.79 Å². The third-order valence-electron chi connectivity index (χ3n) is 7.09. The van der Waals surface area contributed by atoms with Crippen LogP contribution in [-0.4, -0.2) is 66.7 Å². The molecule has 2 saturated heterocycles. The van der Waals surface area contributed by atoms with Crippen molar-refractivity contribution >= 4 is 12.0 Å². The third-order valence-corrected chi connectivity index (χ3v) is 7.09. The molecule has 2 aromatic carbocycles. The lowest BCUT2D eigenvalue weighted by Gasteiger charge is -2.31. The molecule has 7 nitrogen and oxygen atoms in total. The lowest BCUT2D eigenvalue weighted by molar-refractivity contribution is -0.131. The van der Waals surface area contributed by atoms with Gasteiger partial charge in [0.15, 0.2) is 0 Å². The molecule has 4 rings (SSSR count). The van der Waals surface area contributed by atoms with Gasteiger partial charge in [0.2, 0.25) is 5.91 Å². The maximum atomic E-state index is 14.9. The number of piperidine rings is 1. The molecule has 2 aliphatic heterocycles. The summed E-state index contributed by atoms with van der Waals surface area (Å²) in [7, 11) is 0. The second-order valence-corrected chi connectivity index (χ2v) is 10.4. The Morgan fingerprint density at radius 1 is 1.00 bits per heavy atom. The second-order valence-electron chi connectivity index (χ2n) is 10.4. The van der Waals surface area contributed by atoms with Crippen LogP contribution in [0.1, 0.15) is 45.1 Å². The summed E-state index contributed by atoms with van der Waals surface area (Å²) in [5.74, 6) is 0.612. The standard InChI is InChI=1S/C29H38FN3O4/c1-20(2)37-29(35)33-14-10-21(11-15-33)19-36-25-7-5-6-22(16-25)23-8-9-24(26(30)17-23)18-27(31)28(34)32-12-3-4-13-32/h5-9,16-17,20-21,27H,3-4,10-15,18-19,31H2,1-2H3. The number of likely N-dealkylation sites (tertiary alicyclic amines) is 2. The van der Waals surface area contributed by atoms with Crippen LogP contribution in [-0.2, 0) is 16.0 Å². The second kappa shape index (κ2) is 12.4. The van der Waals surface area contributed by atoms with Crippen LogP contribution in [0.4, 0.5) is 9.18 Å². The number of carbonyl (C=O) groups excluding carboxylic acids is 2. The summed E-state index contributed by atoms with van der Waals surface area (Å²) >= 11 is 0. The van der Waals surface area contributed by atoms with E-state index in [4.69, 9.17) is 15.2 Å². The zero-order valence-electron chi connectivity index (χ0n) is 21.8. The number of ether oxygens (including phenoxy) is 2. The summed E-state index contributed by atoms with van der Waals surface area (Å²) in [6.07, 6.45) is 3.53. The van der Waals surface area contributed by atoms with E-state index in [0.717, 1.165) is 55.6 Å². The predicted octanol–water partition coefficient (Wildman–Crippen LogP) is 4.62. The van der Waals surface area contributed by atoms with Gasteiger partial charge in [-0.05, 0) is 86.8 Å². The lowest BCUT2D eigenvalue weighted by atomic mass is 9.98. The van der Waals surface area contributed by atoms with Crippen LogP contribution >= 0.6 is 0 Å². The van der Waals surface area contributed by atoms with E-state index in [1.165, 1.54) is 6.07 Å². The Morgan fingerprint density at radius 3 is 2.38 bits per heavy atom. The fraction of sp³-hybridized carbons (Fsp3) is 0.517. The average molecular weight is 512 g/mol. The van der Waals surface area contributed by atoms with E-state index in [1.54, 1.807) is 15.9 Å². The van der Waals surface area contributed by atoms with Crippen LogP contribution in [0.15, 0.2) is 42.5 Å². The molecule has 2 heterocycles. The van der Waals surface area contributed by atoms with Crippen molar-refractivity contribution in [1.82, 2.24) is 9.80 Å². The fourth-order valence-electron chi connectivity index (χ4n) is 4.93. The average Bonchev–Trinajstić information content (AvgIpc) is 3.43. The van der Waals surface area contributed by atoms with Crippen molar-refractivity contribution in [1.29, 1.82) is 0 Å². The minimum atomic E-state index is -0.733. The Balaban J connectivity index is 1.30. The summed E-state index contributed by atoms with van der Waals surface area (Å²) < 4.78 is 26.3. The topological polar surface area (TPSA) is 85.1 Å². The molecule has 200 valence electrons. The minimum Gasteiger partial charge on any atom is -0.493 e. The van der Waals surface area contributed by atoms with Crippen LogP contribution in [0.3, 0.4) is 0 Å². The number of benzene rings is 2. The van der Waals surface area contributed by atoms with Crippen molar-refractivity contribution in [2.24, 2.45) is 11.7 Å². The van der Waals surface area contributed by atoms with E-state index in [0.29, 0.717) is 31.2 Å². The molecular formula is C29H38FN3O4. The maximum Gasteiger partial charge on any atom is 0.410 e. The molecule has 8 heteroatoms. The molecule has 0 saturated carbocycles. The first-order valence-electron chi connectivity index (χ1n) is 13.3. The minimum absolute atomic E-state index is 0.105. The highest BCUT2D eigenvalue weighted by Gasteiger charge is 2.26. The number of carbonyl (C=O) groups is 2. The molecule has 1 unspecified atom stereocenters. The van der Waals surface area contributed by atoms with Crippen LogP contribution < -0.4 is 10.5 Å². The Kier molecular flexibility index (Phi) is 9.03. The highest BCUT2D eigenvalue weighted by Crippen LogP contribution is 2.27. The summed E-state index contributed by atoms with van der Waals surface area (Å²) in [5, 5.41) is 0. The van der Waals surface area contributed by atoms with Gasteiger partial charge in [-0.2, -0.15) is 0 Å². The van der Waals surface area contributed by atoms with Gasteiger partial charge in [-0.15, -0.1) is 0 Å². The molecule has 37 heavy (non-hydrogen) atoms. The predicted molar refractivity (Wildman–Crippen MR) is 141 cm³/mol. The van der Waals surface area contributed by atoms with E-state index >= 15 is 0 Å². The molecule has 2 N–H and O–H groups in total. The Labute approximate surface area is 218 Å². The fourth-order valence-corrected chi connectivity index (χ4v) is 4.93. The SMILES string of the molecule is CC(C)OC(=O)N1CCC(COc2cccc(-c3ccc(CC(N)C(=O)N4CCCC4)c(F)c3)c2)CC1. The zero-order valence-corrected chi connectivity index (χ0v) is 21.8. The smallest absolute Gasteiger partial charge is 0.410 e. The maximum absolute atomic E-state index is 14.9. The van der Waals surface area contributed by atoms with Gasteiger partial charge >= 0.3 is 6.09 Å². The van der Waals surface area contributed by atoms with Crippen molar-refractivity contribution < 1.29 is 23.5 Å². The molecule has 0 aromatic heterocycles. The first-order valence-corrected chi connectivity index (χ1v) is 13.3. The number of hydrogen-bond donors (Lipinski definition) is 1. The first kappa shape index (κ1) is 26.9. The van der Waals surface area contributed by atoms with Gasteiger partial charge in [0, 0.05) is 26.2 Å². The van der Waals surface area contributed by atoms with Crippen molar-refractivity contribution in [3.63, 3.8) is 0 Å². The number of amides is 2. The van der Waals surface area contributed by atoms with Crippen molar-refractivity contribution in [3.05, 3.63) is 53.8 Å². The highest BCUT2D eigenvalue weighted by molar-refractivity contribution is 5.82. The quantitative estimate of drug-likeness (QED) is 0.559. The van der Waals surface area contributed by atoms with E-state index in [1.807, 2.05) is 44.2 Å². The Hall–Kier alpha value is -3.13.